The summed E-state index contributed by atoms with van der Waals surface area (Å²) in [6.07, 6.45) is 7.22. The molecule has 0 aromatic heterocycles. The molecule has 4 atom stereocenters. The number of aliphatic hydroxyl groups is 1. The van der Waals surface area contributed by atoms with E-state index in [-0.39, 0.29) is 29.3 Å². The fourth-order valence-electron chi connectivity index (χ4n) is 3.65. The highest BCUT2D eigenvalue weighted by atomic mass is 28.4. The van der Waals surface area contributed by atoms with Gasteiger partial charge in [0.15, 0.2) is 8.32 Å². The van der Waals surface area contributed by atoms with Crippen molar-refractivity contribution in [1.82, 2.24) is 0 Å². The average molecular weight is 417 g/mol. The number of allylic oxidation sites excluding steroid dienone is 1. The summed E-state index contributed by atoms with van der Waals surface area (Å²) in [5.74, 6) is 1.08. The fourth-order valence-corrected chi connectivity index (χ4v) is 5.07. The summed E-state index contributed by atoms with van der Waals surface area (Å²) in [5.41, 5.74) is 1.34. The summed E-state index contributed by atoms with van der Waals surface area (Å²) in [6.45, 7) is 17.4. The van der Waals surface area contributed by atoms with Crippen LogP contribution in [-0.2, 0) is 4.43 Å². The Morgan fingerprint density at radius 3 is 2.48 bits per heavy atom. The highest BCUT2D eigenvalue weighted by molar-refractivity contribution is 6.74. The molecular formula is C25H40O3Si. The van der Waals surface area contributed by atoms with E-state index in [2.05, 4.69) is 53.4 Å². The van der Waals surface area contributed by atoms with Gasteiger partial charge in [0, 0.05) is 5.92 Å². The maximum atomic E-state index is 10.3. The van der Waals surface area contributed by atoms with Gasteiger partial charge >= 0.3 is 0 Å². The molecule has 3 nitrogen and oxygen atoms in total. The lowest BCUT2D eigenvalue weighted by Crippen LogP contribution is -2.47. The summed E-state index contributed by atoms with van der Waals surface area (Å²) in [4.78, 5) is 0. The Hall–Kier alpha value is -1.36. The van der Waals surface area contributed by atoms with E-state index in [9.17, 15) is 5.11 Å². The van der Waals surface area contributed by atoms with Crippen LogP contribution in [-0.4, -0.2) is 31.7 Å². The second kappa shape index (κ2) is 10.1. The first kappa shape index (κ1) is 23.9. The molecule has 2 rings (SSSR count). The zero-order chi connectivity index (χ0) is 21.7. The van der Waals surface area contributed by atoms with Gasteiger partial charge in [0.25, 0.3) is 0 Å². The maximum Gasteiger partial charge on any atom is 0.192 e. The number of rotatable bonds is 10. The van der Waals surface area contributed by atoms with Crippen LogP contribution in [0.3, 0.4) is 0 Å². The van der Waals surface area contributed by atoms with Crippen molar-refractivity contribution in [2.75, 3.05) is 0 Å². The quantitative estimate of drug-likeness (QED) is 0.349. The second-order valence-electron chi connectivity index (χ2n) is 9.80. The zero-order valence-corrected chi connectivity index (χ0v) is 20.2. The van der Waals surface area contributed by atoms with Gasteiger partial charge in [-0.05, 0) is 62.9 Å². The highest BCUT2D eigenvalue weighted by Crippen LogP contribution is 2.39. The van der Waals surface area contributed by atoms with Crippen LogP contribution in [0.5, 0.6) is 5.75 Å². The Kier molecular flexibility index (Phi) is 8.33. The lowest BCUT2D eigenvalue weighted by molar-refractivity contribution is 0.0491. The molecule has 1 aliphatic rings. The first-order chi connectivity index (χ1) is 13.5. The van der Waals surface area contributed by atoms with Crippen LogP contribution in [0.4, 0.5) is 0 Å². The minimum Gasteiger partial charge on any atom is -0.488 e. The normalized spacial score (nSPS) is 22.1. The molecule has 0 amide bonds. The van der Waals surface area contributed by atoms with Crippen molar-refractivity contribution in [3.63, 3.8) is 0 Å². The Morgan fingerprint density at radius 2 is 1.90 bits per heavy atom. The van der Waals surface area contributed by atoms with Crippen LogP contribution in [0.1, 0.15) is 53.4 Å². The lowest BCUT2D eigenvalue weighted by Gasteiger charge is -2.41. The Labute approximate surface area is 179 Å². The SMILES string of the molecule is C=CC[C@@H]1C(CCC(O[Si](C)(C)C(C)(C)C)C(C)Oc2ccccc2)=CC[C@@H]1O. The van der Waals surface area contributed by atoms with Gasteiger partial charge in [0.2, 0.25) is 0 Å². The van der Waals surface area contributed by atoms with Crippen LogP contribution in [0.15, 0.2) is 54.6 Å². The van der Waals surface area contributed by atoms with Crippen molar-refractivity contribution in [1.29, 1.82) is 0 Å². The largest absolute Gasteiger partial charge is 0.488 e. The van der Waals surface area contributed by atoms with Gasteiger partial charge in [-0.2, -0.15) is 0 Å². The molecule has 0 heterocycles. The molecular weight excluding hydrogens is 376 g/mol. The van der Waals surface area contributed by atoms with Crippen LogP contribution in [0.2, 0.25) is 18.1 Å². The number of hydrogen-bond acceptors (Lipinski definition) is 3. The molecule has 1 aromatic carbocycles. The smallest absolute Gasteiger partial charge is 0.192 e. The van der Waals surface area contributed by atoms with Gasteiger partial charge < -0.3 is 14.3 Å². The minimum atomic E-state index is -1.94. The molecule has 0 saturated carbocycles. The molecule has 2 unspecified atom stereocenters. The predicted molar refractivity (Wildman–Crippen MR) is 125 cm³/mol. The van der Waals surface area contributed by atoms with Gasteiger partial charge in [-0.15, -0.1) is 6.58 Å². The number of benzene rings is 1. The second-order valence-corrected chi connectivity index (χ2v) is 14.6. The predicted octanol–water partition coefficient (Wildman–Crippen LogP) is 6.51. The van der Waals surface area contributed by atoms with E-state index in [1.807, 2.05) is 36.4 Å². The topological polar surface area (TPSA) is 38.7 Å². The molecule has 0 fully saturated rings. The van der Waals surface area contributed by atoms with Gasteiger partial charge in [-0.3, -0.25) is 0 Å². The highest BCUT2D eigenvalue weighted by Gasteiger charge is 2.40. The van der Waals surface area contributed by atoms with Gasteiger partial charge in [0.05, 0.1) is 12.2 Å². The Morgan fingerprint density at radius 1 is 1.24 bits per heavy atom. The monoisotopic (exact) mass is 416 g/mol. The average Bonchev–Trinajstić information content (AvgIpc) is 2.99. The van der Waals surface area contributed by atoms with Crippen LogP contribution in [0, 0.1) is 5.92 Å². The molecule has 1 N–H and O–H groups in total. The van der Waals surface area contributed by atoms with Crippen molar-refractivity contribution >= 4 is 8.32 Å². The molecule has 0 spiro atoms. The first-order valence-electron chi connectivity index (χ1n) is 10.9. The number of aliphatic hydroxyl groups excluding tert-OH is 1. The third-order valence-electron chi connectivity index (χ3n) is 6.54. The molecule has 4 heteroatoms. The van der Waals surface area contributed by atoms with Gasteiger partial charge in [-0.25, -0.2) is 0 Å². The lowest BCUT2D eigenvalue weighted by atomic mass is 9.91. The van der Waals surface area contributed by atoms with E-state index in [4.69, 9.17) is 9.16 Å². The van der Waals surface area contributed by atoms with E-state index in [1.165, 1.54) is 5.57 Å². The van der Waals surface area contributed by atoms with E-state index in [0.717, 1.165) is 31.4 Å². The fraction of sp³-hybridized carbons (Fsp3) is 0.600. The zero-order valence-electron chi connectivity index (χ0n) is 19.2. The molecule has 0 bridgehead atoms. The van der Waals surface area contributed by atoms with Crippen LogP contribution in [0.25, 0.3) is 0 Å². The summed E-state index contributed by atoms with van der Waals surface area (Å²) in [5, 5.41) is 10.4. The Balaban J connectivity index is 2.12. The van der Waals surface area contributed by atoms with E-state index >= 15 is 0 Å². The van der Waals surface area contributed by atoms with Crippen molar-refractivity contribution in [2.45, 2.75) is 89.8 Å². The van der Waals surface area contributed by atoms with E-state index in [1.54, 1.807) is 0 Å². The summed E-state index contributed by atoms with van der Waals surface area (Å²) in [6, 6.07) is 9.98. The molecule has 0 radical (unpaired) electrons. The van der Waals surface area contributed by atoms with Crippen LogP contribution < -0.4 is 4.74 Å². The standard InChI is InChI=1S/C25H40O3Si/c1-8-12-22-20(15-17-23(22)26)16-18-24(28-29(6,7)25(3,4)5)19(2)27-21-13-10-9-11-14-21/h8-11,13-15,19,22-24,26H,1,12,16-18H2,2-7H3/t19?,22-,23+,24?/m1/s1. The van der Waals surface area contributed by atoms with E-state index in [0.29, 0.717) is 0 Å². The van der Waals surface area contributed by atoms with Gasteiger partial charge in [0.1, 0.15) is 11.9 Å². The van der Waals surface area contributed by atoms with E-state index < -0.39 is 8.32 Å². The van der Waals surface area contributed by atoms with Crippen molar-refractivity contribution < 1.29 is 14.3 Å². The van der Waals surface area contributed by atoms with Crippen molar-refractivity contribution in [2.24, 2.45) is 5.92 Å². The molecule has 29 heavy (non-hydrogen) atoms. The number of para-hydroxylation sites is 1. The summed E-state index contributed by atoms with van der Waals surface area (Å²) >= 11 is 0. The minimum absolute atomic E-state index is 0.0131. The van der Waals surface area contributed by atoms with Gasteiger partial charge in [-0.1, -0.05) is 56.7 Å². The third-order valence-corrected chi connectivity index (χ3v) is 11.0. The van der Waals surface area contributed by atoms with Crippen LogP contribution >= 0.6 is 0 Å². The summed E-state index contributed by atoms with van der Waals surface area (Å²) in [7, 11) is -1.94. The first-order valence-corrected chi connectivity index (χ1v) is 13.8. The molecule has 1 aliphatic carbocycles. The number of hydrogen-bond donors (Lipinski definition) is 1. The third kappa shape index (κ3) is 6.56. The molecule has 0 aliphatic heterocycles. The number of ether oxygens (including phenoxy) is 1. The Bertz CT molecular complexity index is 675. The van der Waals surface area contributed by atoms with Crippen molar-refractivity contribution in [3.05, 3.63) is 54.6 Å². The van der Waals surface area contributed by atoms with Crippen molar-refractivity contribution in [3.8, 4) is 5.75 Å². The molecule has 1 aromatic rings. The maximum absolute atomic E-state index is 10.3. The molecule has 0 saturated heterocycles. The molecule has 162 valence electrons. The summed E-state index contributed by atoms with van der Waals surface area (Å²) < 4.78 is 13.1.